The summed E-state index contributed by atoms with van der Waals surface area (Å²) >= 11 is 0. The van der Waals surface area contributed by atoms with Crippen molar-refractivity contribution in [3.8, 4) is 0 Å². The first-order valence-corrected chi connectivity index (χ1v) is 18.4. The monoisotopic (exact) mass is 695 g/mol. The molecular weight excluding hydrogens is 630 g/mol. The van der Waals surface area contributed by atoms with Gasteiger partial charge in [0.1, 0.15) is 18.1 Å². The molecule has 0 aromatic heterocycles. The van der Waals surface area contributed by atoms with Gasteiger partial charge < -0.3 is 43.5 Å². The molecule has 0 aromatic rings. The highest BCUT2D eigenvalue weighted by Gasteiger charge is 2.56. The van der Waals surface area contributed by atoms with Crippen molar-refractivity contribution >= 4 is 17.7 Å². The van der Waals surface area contributed by atoms with Crippen LogP contribution in [0.4, 0.5) is 0 Å². The lowest BCUT2D eigenvalue weighted by molar-refractivity contribution is -0.298. The summed E-state index contributed by atoms with van der Waals surface area (Å²) < 4.78 is 31.6. The molecule has 0 aromatic carbocycles. The zero-order chi connectivity index (χ0) is 36.6. The first kappa shape index (κ1) is 40.1. The van der Waals surface area contributed by atoms with E-state index in [-0.39, 0.29) is 48.2 Å². The van der Waals surface area contributed by atoms with Crippen LogP contribution in [-0.2, 0) is 38.1 Å². The predicted octanol–water partition coefficient (Wildman–Crippen LogP) is 3.12. The minimum Gasteiger partial charge on any atom is -0.458 e. The Bertz CT molecular complexity index is 1170. The van der Waals surface area contributed by atoms with Crippen LogP contribution in [-0.4, -0.2) is 146 Å². The number of hydrogen-bond acceptors (Lipinski definition) is 12. The third-order valence-electron chi connectivity index (χ3n) is 12.2. The fraction of sp³-hybridized carbons (Fsp3) is 0.919. The van der Waals surface area contributed by atoms with Gasteiger partial charge in [0, 0.05) is 50.2 Å². The van der Waals surface area contributed by atoms with Crippen molar-refractivity contribution < 1.29 is 43.2 Å². The predicted molar refractivity (Wildman–Crippen MR) is 185 cm³/mol. The van der Waals surface area contributed by atoms with Crippen molar-refractivity contribution in [2.45, 2.75) is 147 Å². The molecule has 0 radical (unpaired) electrons. The van der Waals surface area contributed by atoms with E-state index in [0.717, 1.165) is 0 Å². The summed E-state index contributed by atoms with van der Waals surface area (Å²) in [5.41, 5.74) is -2.04. The minimum absolute atomic E-state index is 0.0733. The first-order chi connectivity index (χ1) is 22.9. The van der Waals surface area contributed by atoms with Gasteiger partial charge in [-0.05, 0) is 93.9 Å². The number of methoxy groups -OCH3 is 1. The van der Waals surface area contributed by atoms with Gasteiger partial charge in [0.05, 0.1) is 24.2 Å². The van der Waals surface area contributed by atoms with Crippen LogP contribution in [0.3, 0.4) is 0 Å². The number of Topliss-reactive ketones (excluding diaryl/α,β-unsaturated/α-hetero) is 1. The number of fused-ring (bicyclic) bond motifs is 1. The molecule has 0 spiro atoms. The summed E-state index contributed by atoms with van der Waals surface area (Å²) in [4.78, 5) is 47.3. The van der Waals surface area contributed by atoms with Gasteiger partial charge in [0.15, 0.2) is 17.7 Å². The average molecular weight is 696 g/mol. The summed E-state index contributed by atoms with van der Waals surface area (Å²) in [5, 5.41) is 11.6. The molecule has 0 amide bonds. The number of aliphatic hydroxyl groups excluding tert-OH is 1. The fourth-order valence-corrected chi connectivity index (χ4v) is 8.83. The molecule has 13 atom stereocenters. The molecule has 12 nitrogen and oxygen atoms in total. The quantitative estimate of drug-likeness (QED) is 0.296. The van der Waals surface area contributed by atoms with Crippen LogP contribution in [0.2, 0.25) is 0 Å². The lowest BCUT2D eigenvalue weighted by atomic mass is 9.77. The SMILES string of the molecule is CC[C@H]1OC(=O)C(C)C(=O)[C@H](C)[C@@H](OC2OC(CN(C)C3CC3)CC(N(C)C)C2O)[C@](C)(OC)C[C@@H](C)CN(C)[C@H](C)[C@H]2CC(=O)O[C@@]21C. The number of ketones is 1. The smallest absolute Gasteiger partial charge is 0.316 e. The topological polar surface area (TPSA) is 127 Å². The summed E-state index contributed by atoms with van der Waals surface area (Å²) in [7, 11) is 9.65. The Hall–Kier alpha value is -1.67. The molecular formula is C37H65N3O9. The fourth-order valence-electron chi connectivity index (χ4n) is 8.83. The Kier molecular flexibility index (Phi) is 13.0. The van der Waals surface area contributed by atoms with Gasteiger partial charge in [0.2, 0.25) is 0 Å². The normalized spacial score (nSPS) is 43.6. The van der Waals surface area contributed by atoms with Gasteiger partial charge in [-0.15, -0.1) is 0 Å². The Balaban J connectivity index is 1.70. The third kappa shape index (κ3) is 8.69. The van der Waals surface area contributed by atoms with Gasteiger partial charge in [0.25, 0.3) is 0 Å². The molecule has 4 rings (SSSR count). The second kappa shape index (κ2) is 15.9. The lowest BCUT2D eigenvalue weighted by Crippen LogP contribution is -2.60. The summed E-state index contributed by atoms with van der Waals surface area (Å²) in [6.07, 6.45) is 0.383. The number of esters is 2. The van der Waals surface area contributed by atoms with Crippen molar-refractivity contribution in [3.63, 3.8) is 0 Å². The Morgan fingerprint density at radius 2 is 1.71 bits per heavy atom. The number of ether oxygens (including phenoxy) is 5. The van der Waals surface area contributed by atoms with Crippen LogP contribution in [0.25, 0.3) is 0 Å². The molecule has 3 saturated heterocycles. The minimum atomic E-state index is -1.12. The van der Waals surface area contributed by atoms with Crippen LogP contribution in [0.15, 0.2) is 0 Å². The van der Waals surface area contributed by atoms with Crippen molar-refractivity contribution in [1.82, 2.24) is 14.7 Å². The van der Waals surface area contributed by atoms with Gasteiger partial charge in [-0.1, -0.05) is 20.8 Å². The van der Waals surface area contributed by atoms with Crippen LogP contribution in [0.1, 0.15) is 87.0 Å². The van der Waals surface area contributed by atoms with Gasteiger partial charge >= 0.3 is 11.9 Å². The van der Waals surface area contributed by atoms with Gasteiger partial charge in [-0.3, -0.25) is 14.4 Å². The molecule has 0 bridgehead atoms. The van der Waals surface area contributed by atoms with E-state index < -0.39 is 53.6 Å². The van der Waals surface area contributed by atoms with E-state index in [1.807, 2.05) is 46.8 Å². The lowest BCUT2D eigenvalue weighted by Gasteiger charge is -2.47. The highest BCUT2D eigenvalue weighted by molar-refractivity contribution is 6.00. The maximum absolute atomic E-state index is 14.3. The summed E-state index contributed by atoms with van der Waals surface area (Å²) in [6, 6.07) is 0.258. The average Bonchev–Trinajstić information content (AvgIpc) is 3.85. The van der Waals surface area contributed by atoms with Crippen molar-refractivity contribution in [3.05, 3.63) is 0 Å². The van der Waals surface area contributed by atoms with Crippen LogP contribution in [0.5, 0.6) is 0 Å². The van der Waals surface area contributed by atoms with E-state index >= 15 is 0 Å². The van der Waals surface area contributed by atoms with Crippen LogP contribution < -0.4 is 0 Å². The van der Waals surface area contributed by atoms with E-state index in [1.165, 1.54) is 12.8 Å². The first-order valence-electron chi connectivity index (χ1n) is 18.4. The molecule has 3 heterocycles. The number of carbonyl (C=O) groups is 3. The molecule has 49 heavy (non-hydrogen) atoms. The van der Waals surface area contributed by atoms with E-state index in [9.17, 15) is 19.5 Å². The summed E-state index contributed by atoms with van der Waals surface area (Å²) in [5.74, 6) is -3.43. The molecule has 3 aliphatic heterocycles. The van der Waals surface area contributed by atoms with Gasteiger partial charge in [-0.25, -0.2) is 0 Å². The highest BCUT2D eigenvalue weighted by Crippen LogP contribution is 2.43. The van der Waals surface area contributed by atoms with Crippen LogP contribution >= 0.6 is 0 Å². The maximum Gasteiger partial charge on any atom is 0.316 e. The van der Waals surface area contributed by atoms with E-state index in [0.29, 0.717) is 38.4 Å². The Labute approximate surface area is 294 Å². The highest BCUT2D eigenvalue weighted by atomic mass is 16.7. The number of carbonyl (C=O) groups excluding carboxylic acids is 3. The molecule has 4 fully saturated rings. The standard InChI is InChI=1S/C37H65N3O9/c1-13-29-37(7)27(17-30(41)49-37)24(5)39(10)19-21(2)18-36(6,45-12)33(22(3)31(42)23(4)34(44)47-29)48-35-32(43)28(38(8)9)16-26(46-35)20-40(11)25-14-15-25/h21-29,32-33,35,43H,13-20H2,1-12H3/t21-,22+,23?,24-,26?,27-,28?,29-,32?,33-,35?,36-,37+/m1/s1. The zero-order valence-electron chi connectivity index (χ0n) is 32.1. The molecule has 1 saturated carbocycles. The molecule has 4 aliphatic rings. The molecule has 12 heteroatoms. The second-order valence-corrected chi connectivity index (χ2v) is 16.3. The van der Waals surface area contributed by atoms with Crippen molar-refractivity contribution in [2.24, 2.45) is 23.7 Å². The van der Waals surface area contributed by atoms with Crippen molar-refractivity contribution in [2.75, 3.05) is 48.4 Å². The number of hydrogen-bond donors (Lipinski definition) is 1. The number of rotatable bonds is 8. The number of aliphatic hydroxyl groups is 1. The second-order valence-electron chi connectivity index (χ2n) is 16.3. The zero-order valence-corrected chi connectivity index (χ0v) is 32.1. The summed E-state index contributed by atoms with van der Waals surface area (Å²) in [6.45, 7) is 14.6. The number of nitrogens with zero attached hydrogens (tertiary/aromatic N) is 3. The van der Waals surface area contributed by atoms with Crippen molar-refractivity contribution in [1.29, 1.82) is 0 Å². The van der Waals surface area contributed by atoms with Gasteiger partial charge in [-0.2, -0.15) is 0 Å². The Morgan fingerprint density at radius 1 is 1.06 bits per heavy atom. The largest absolute Gasteiger partial charge is 0.458 e. The maximum atomic E-state index is 14.3. The number of cyclic esters (lactones) is 1. The number of likely N-dealkylation sites (N-methyl/N-ethyl adjacent to an activating group) is 2. The Morgan fingerprint density at radius 3 is 2.29 bits per heavy atom. The van der Waals surface area contributed by atoms with E-state index in [4.69, 9.17) is 23.7 Å². The van der Waals surface area contributed by atoms with E-state index in [2.05, 4.69) is 30.7 Å². The molecule has 282 valence electrons. The molecule has 5 unspecified atom stereocenters. The van der Waals surface area contributed by atoms with Crippen LogP contribution in [0, 0.1) is 23.7 Å². The third-order valence-corrected chi connectivity index (χ3v) is 12.2. The molecule has 1 N–H and O–H groups in total. The molecule has 1 aliphatic carbocycles. The van der Waals surface area contributed by atoms with E-state index in [1.54, 1.807) is 21.0 Å².